The average Bonchev–Trinajstić information content (AvgIpc) is 2.86. The summed E-state index contributed by atoms with van der Waals surface area (Å²) in [6.45, 7) is 5.03. The molecule has 1 aromatic carbocycles. The molecule has 0 saturated heterocycles. The first kappa shape index (κ1) is 15.6. The Kier molecular flexibility index (Phi) is 5.64. The van der Waals surface area contributed by atoms with Crippen LogP contribution in [0, 0.1) is 5.92 Å². The summed E-state index contributed by atoms with van der Waals surface area (Å²) in [7, 11) is 0. The van der Waals surface area contributed by atoms with Gasteiger partial charge in [0.05, 0.1) is 6.61 Å². The molecular weight excluding hydrogens is 316 g/mol. The molecule has 1 heterocycles. The van der Waals surface area contributed by atoms with Crippen molar-refractivity contribution in [2.75, 3.05) is 6.61 Å². The van der Waals surface area contributed by atoms with E-state index in [1.807, 2.05) is 6.07 Å². The first-order valence-corrected chi connectivity index (χ1v) is 8.41. The molecule has 0 aliphatic carbocycles. The average molecular weight is 339 g/mol. The van der Waals surface area contributed by atoms with E-state index >= 15 is 0 Å². The summed E-state index contributed by atoms with van der Waals surface area (Å²) in [6.07, 6.45) is 5.61. The molecule has 1 aromatic rings. The van der Waals surface area contributed by atoms with Gasteiger partial charge in [-0.15, -0.1) is 0 Å². The van der Waals surface area contributed by atoms with Crippen LogP contribution in [0.15, 0.2) is 16.6 Å². The molecular formula is C17H23BrO2. The van der Waals surface area contributed by atoms with Crippen molar-refractivity contribution in [3.63, 3.8) is 0 Å². The molecule has 0 spiro atoms. The van der Waals surface area contributed by atoms with Crippen LogP contribution < -0.4 is 4.74 Å². The normalized spacial score (nSPS) is 13.4. The number of ether oxygens (including phenoxy) is 1. The van der Waals surface area contributed by atoms with Gasteiger partial charge in [0, 0.05) is 28.8 Å². The fraction of sp³-hybridized carbons (Fsp3) is 0.588. The number of fused-ring (bicyclic) bond motifs is 1. The zero-order valence-electron chi connectivity index (χ0n) is 12.4. The number of halogens is 1. The smallest absolute Gasteiger partial charge is 0.140 e. The molecule has 20 heavy (non-hydrogen) atoms. The second kappa shape index (κ2) is 7.26. The van der Waals surface area contributed by atoms with Crippen molar-refractivity contribution < 1.29 is 9.53 Å². The van der Waals surface area contributed by atoms with Crippen molar-refractivity contribution in [1.82, 2.24) is 0 Å². The highest BCUT2D eigenvalue weighted by atomic mass is 79.9. The van der Waals surface area contributed by atoms with E-state index in [4.69, 9.17) is 4.74 Å². The summed E-state index contributed by atoms with van der Waals surface area (Å²) in [5.74, 6) is 1.53. The summed E-state index contributed by atoms with van der Waals surface area (Å²) in [4.78, 5) is 12.5. The van der Waals surface area contributed by atoms with Crippen LogP contribution in [0.1, 0.15) is 50.7 Å². The van der Waals surface area contributed by atoms with Crippen molar-refractivity contribution in [1.29, 1.82) is 0 Å². The predicted molar refractivity (Wildman–Crippen MR) is 85.4 cm³/mol. The first-order valence-electron chi connectivity index (χ1n) is 7.62. The summed E-state index contributed by atoms with van der Waals surface area (Å²) < 4.78 is 6.76. The maximum absolute atomic E-state index is 12.5. The highest BCUT2D eigenvalue weighted by molar-refractivity contribution is 9.10. The standard InChI is InChI=1S/C17H23BrO2/c1-3-5-12(6-4-2)16(19)11-14-10-15(18)9-13-7-8-20-17(13)14/h9-10,12H,3-8,11H2,1-2H3. The van der Waals surface area contributed by atoms with E-state index < -0.39 is 0 Å². The number of rotatable bonds is 7. The molecule has 1 aliphatic rings. The van der Waals surface area contributed by atoms with E-state index in [0.29, 0.717) is 12.2 Å². The van der Waals surface area contributed by atoms with E-state index in [0.717, 1.165) is 54.5 Å². The molecule has 0 amide bonds. The van der Waals surface area contributed by atoms with Crippen molar-refractivity contribution in [3.8, 4) is 5.75 Å². The first-order chi connectivity index (χ1) is 9.65. The lowest BCUT2D eigenvalue weighted by molar-refractivity contribution is -0.122. The van der Waals surface area contributed by atoms with Gasteiger partial charge >= 0.3 is 0 Å². The van der Waals surface area contributed by atoms with E-state index in [1.54, 1.807) is 0 Å². The van der Waals surface area contributed by atoms with Crippen LogP contribution in [0.2, 0.25) is 0 Å². The highest BCUT2D eigenvalue weighted by Crippen LogP contribution is 2.34. The third kappa shape index (κ3) is 3.63. The molecule has 0 N–H and O–H groups in total. The Morgan fingerprint density at radius 3 is 2.65 bits per heavy atom. The topological polar surface area (TPSA) is 26.3 Å². The monoisotopic (exact) mass is 338 g/mol. The van der Waals surface area contributed by atoms with Gasteiger partial charge in [0.1, 0.15) is 11.5 Å². The van der Waals surface area contributed by atoms with E-state index in [9.17, 15) is 4.79 Å². The molecule has 110 valence electrons. The van der Waals surface area contributed by atoms with Crippen LogP contribution in [-0.4, -0.2) is 12.4 Å². The number of benzene rings is 1. The van der Waals surface area contributed by atoms with Gasteiger partial charge in [0.15, 0.2) is 0 Å². The molecule has 1 aliphatic heterocycles. The SMILES string of the molecule is CCCC(CCC)C(=O)Cc1cc(Br)cc2c1OCC2. The van der Waals surface area contributed by atoms with Gasteiger partial charge in [-0.3, -0.25) is 4.79 Å². The summed E-state index contributed by atoms with van der Waals surface area (Å²) >= 11 is 3.54. The van der Waals surface area contributed by atoms with Gasteiger partial charge < -0.3 is 4.74 Å². The molecule has 0 unspecified atom stereocenters. The zero-order chi connectivity index (χ0) is 14.5. The summed E-state index contributed by atoms with van der Waals surface area (Å²) in [5.41, 5.74) is 2.28. The molecule has 3 heteroatoms. The van der Waals surface area contributed by atoms with Crippen molar-refractivity contribution >= 4 is 21.7 Å². The minimum atomic E-state index is 0.209. The summed E-state index contributed by atoms with van der Waals surface area (Å²) in [6, 6.07) is 4.14. The Hall–Kier alpha value is -0.830. The lowest BCUT2D eigenvalue weighted by Gasteiger charge is -2.15. The third-order valence-corrected chi connectivity index (χ3v) is 4.38. The number of carbonyl (C=O) groups excluding carboxylic acids is 1. The second-order valence-electron chi connectivity index (χ2n) is 5.57. The van der Waals surface area contributed by atoms with E-state index in [1.165, 1.54) is 5.56 Å². The van der Waals surface area contributed by atoms with E-state index in [2.05, 4.69) is 35.8 Å². The molecule has 2 rings (SSSR count). The van der Waals surface area contributed by atoms with Gasteiger partial charge in [-0.1, -0.05) is 42.6 Å². The van der Waals surface area contributed by atoms with Crippen molar-refractivity contribution in [2.24, 2.45) is 5.92 Å². The minimum Gasteiger partial charge on any atom is -0.493 e. The highest BCUT2D eigenvalue weighted by Gasteiger charge is 2.22. The fourth-order valence-corrected chi connectivity index (χ4v) is 3.53. The van der Waals surface area contributed by atoms with Crippen molar-refractivity contribution in [3.05, 3.63) is 27.7 Å². The van der Waals surface area contributed by atoms with Crippen LogP contribution in [0.4, 0.5) is 0 Å². The number of ketones is 1. The van der Waals surface area contributed by atoms with Gasteiger partial charge in [-0.2, -0.15) is 0 Å². The largest absolute Gasteiger partial charge is 0.493 e. The maximum atomic E-state index is 12.5. The van der Waals surface area contributed by atoms with Gasteiger partial charge in [-0.25, -0.2) is 0 Å². The van der Waals surface area contributed by atoms with Crippen LogP contribution in [0.3, 0.4) is 0 Å². The van der Waals surface area contributed by atoms with Crippen LogP contribution >= 0.6 is 15.9 Å². The second-order valence-corrected chi connectivity index (χ2v) is 6.48. The van der Waals surface area contributed by atoms with Gasteiger partial charge in [-0.05, 0) is 30.5 Å². The Morgan fingerprint density at radius 1 is 1.30 bits per heavy atom. The Labute approximate surface area is 130 Å². The molecule has 0 fully saturated rings. The van der Waals surface area contributed by atoms with Gasteiger partial charge in [0.25, 0.3) is 0 Å². The minimum absolute atomic E-state index is 0.209. The lowest BCUT2D eigenvalue weighted by atomic mass is 9.89. The van der Waals surface area contributed by atoms with Gasteiger partial charge in [0.2, 0.25) is 0 Å². The molecule has 2 nitrogen and oxygen atoms in total. The zero-order valence-corrected chi connectivity index (χ0v) is 14.0. The third-order valence-electron chi connectivity index (χ3n) is 3.92. The molecule has 0 atom stereocenters. The van der Waals surface area contributed by atoms with Crippen LogP contribution in [0.5, 0.6) is 5.75 Å². The van der Waals surface area contributed by atoms with Crippen LogP contribution in [0.25, 0.3) is 0 Å². The lowest BCUT2D eigenvalue weighted by Crippen LogP contribution is -2.17. The fourth-order valence-electron chi connectivity index (χ4n) is 2.97. The van der Waals surface area contributed by atoms with Crippen molar-refractivity contribution in [2.45, 2.75) is 52.4 Å². The number of Topliss-reactive ketones (excluding diaryl/α,β-unsaturated/α-hetero) is 1. The predicted octanol–water partition coefficient (Wildman–Crippen LogP) is 4.71. The Bertz CT molecular complexity index is 476. The summed E-state index contributed by atoms with van der Waals surface area (Å²) in [5, 5.41) is 0. The number of hydrogen-bond acceptors (Lipinski definition) is 2. The Balaban J connectivity index is 2.15. The Morgan fingerprint density at radius 2 is 2.00 bits per heavy atom. The quantitative estimate of drug-likeness (QED) is 0.719. The molecule has 0 saturated carbocycles. The number of carbonyl (C=O) groups is 1. The molecule has 0 radical (unpaired) electrons. The van der Waals surface area contributed by atoms with Crippen LogP contribution in [-0.2, 0) is 17.6 Å². The molecule has 0 aromatic heterocycles. The number of hydrogen-bond donors (Lipinski definition) is 0. The molecule has 0 bridgehead atoms. The van der Waals surface area contributed by atoms with E-state index in [-0.39, 0.29) is 5.92 Å². The maximum Gasteiger partial charge on any atom is 0.140 e.